The first-order valence-electron chi connectivity index (χ1n) is 4.24. The predicted octanol–water partition coefficient (Wildman–Crippen LogP) is 3.32. The highest BCUT2D eigenvalue weighted by molar-refractivity contribution is 7.80. The first kappa shape index (κ1) is 11.4. The zero-order chi connectivity index (χ0) is 9.40. The summed E-state index contributed by atoms with van der Waals surface area (Å²) in [5, 5.41) is 3.11. The Labute approximate surface area is 80.6 Å². The second-order valence-electron chi connectivity index (χ2n) is 2.20. The van der Waals surface area contributed by atoms with Crippen LogP contribution in [0.25, 0.3) is 0 Å². The second-order valence-corrected chi connectivity index (χ2v) is 2.52. The summed E-state index contributed by atoms with van der Waals surface area (Å²) in [7, 11) is 0. The Bertz CT molecular complexity index is 211. The molecule has 12 heavy (non-hydrogen) atoms. The van der Waals surface area contributed by atoms with E-state index in [0.717, 1.165) is 5.69 Å². The van der Waals surface area contributed by atoms with Gasteiger partial charge in [-0.05, 0) is 24.6 Å². The lowest BCUT2D eigenvalue weighted by atomic mass is 10.2. The molecule has 0 radical (unpaired) electrons. The molecule has 0 atom stereocenters. The second kappa shape index (κ2) is 7.04. The van der Waals surface area contributed by atoms with Crippen LogP contribution in [0.3, 0.4) is 0 Å². The van der Waals surface area contributed by atoms with Crippen LogP contribution >= 0.6 is 12.6 Å². The standard InChI is InChI=1S/C8H11NS.C2H6/c1-7-3-2-4-8(5-7)9-6-10;1-2/h2-5,9-10H,6H2,1H3;1-2H3. The summed E-state index contributed by atoms with van der Waals surface area (Å²) >= 11 is 4.06. The predicted molar refractivity (Wildman–Crippen MR) is 60.0 cm³/mol. The zero-order valence-electron chi connectivity index (χ0n) is 7.96. The lowest BCUT2D eigenvalue weighted by Crippen LogP contribution is -1.93. The lowest BCUT2D eigenvalue weighted by Gasteiger charge is -2.01. The Hall–Kier alpha value is -0.630. The molecule has 0 saturated heterocycles. The molecule has 0 aliphatic heterocycles. The molecule has 0 saturated carbocycles. The van der Waals surface area contributed by atoms with Crippen LogP contribution in [0.2, 0.25) is 0 Å². The van der Waals surface area contributed by atoms with Crippen LogP contribution < -0.4 is 5.32 Å². The Morgan fingerprint density at radius 3 is 2.50 bits per heavy atom. The van der Waals surface area contributed by atoms with Crippen molar-refractivity contribution < 1.29 is 0 Å². The quantitative estimate of drug-likeness (QED) is 0.529. The summed E-state index contributed by atoms with van der Waals surface area (Å²) < 4.78 is 0. The highest BCUT2D eigenvalue weighted by Gasteiger charge is 1.87. The van der Waals surface area contributed by atoms with Gasteiger partial charge in [-0.1, -0.05) is 26.0 Å². The summed E-state index contributed by atoms with van der Waals surface area (Å²) in [5.41, 5.74) is 2.40. The molecule has 0 aliphatic carbocycles. The average Bonchev–Trinajstić information content (AvgIpc) is 2.09. The maximum atomic E-state index is 4.06. The molecule has 1 aromatic carbocycles. The number of nitrogens with one attached hydrogen (secondary N) is 1. The van der Waals surface area contributed by atoms with Crippen molar-refractivity contribution in [2.75, 3.05) is 11.2 Å². The van der Waals surface area contributed by atoms with E-state index in [1.165, 1.54) is 5.56 Å². The van der Waals surface area contributed by atoms with Crippen molar-refractivity contribution in [1.29, 1.82) is 0 Å². The minimum Gasteiger partial charge on any atom is -0.376 e. The van der Waals surface area contributed by atoms with Crippen molar-refractivity contribution in [3.63, 3.8) is 0 Å². The van der Waals surface area contributed by atoms with E-state index in [1.807, 2.05) is 26.0 Å². The van der Waals surface area contributed by atoms with E-state index < -0.39 is 0 Å². The fourth-order valence-corrected chi connectivity index (χ4v) is 1.03. The summed E-state index contributed by atoms with van der Waals surface area (Å²) in [4.78, 5) is 0. The molecule has 0 aliphatic rings. The molecule has 0 fully saturated rings. The maximum absolute atomic E-state index is 4.06. The monoisotopic (exact) mass is 183 g/mol. The highest BCUT2D eigenvalue weighted by atomic mass is 32.1. The number of rotatable bonds is 2. The van der Waals surface area contributed by atoms with Crippen LogP contribution in [0, 0.1) is 6.92 Å². The molecule has 0 aromatic heterocycles. The molecular weight excluding hydrogens is 166 g/mol. The Morgan fingerprint density at radius 2 is 2.00 bits per heavy atom. The largest absolute Gasteiger partial charge is 0.376 e. The third-order valence-corrected chi connectivity index (χ3v) is 1.46. The zero-order valence-corrected chi connectivity index (χ0v) is 8.86. The Kier molecular flexibility index (Phi) is 6.67. The molecule has 0 amide bonds. The topological polar surface area (TPSA) is 12.0 Å². The van der Waals surface area contributed by atoms with Gasteiger partial charge in [0, 0.05) is 5.69 Å². The third kappa shape index (κ3) is 4.29. The molecule has 0 bridgehead atoms. The lowest BCUT2D eigenvalue weighted by molar-refractivity contribution is 1.41. The Morgan fingerprint density at radius 1 is 1.33 bits per heavy atom. The van der Waals surface area contributed by atoms with E-state index in [0.29, 0.717) is 5.88 Å². The first-order valence-corrected chi connectivity index (χ1v) is 4.87. The van der Waals surface area contributed by atoms with Crippen LogP contribution in [0.5, 0.6) is 0 Å². The van der Waals surface area contributed by atoms with E-state index in [-0.39, 0.29) is 0 Å². The summed E-state index contributed by atoms with van der Waals surface area (Å²) in [5.74, 6) is 0.684. The van der Waals surface area contributed by atoms with Crippen molar-refractivity contribution in [2.24, 2.45) is 0 Å². The molecule has 1 N–H and O–H groups in total. The van der Waals surface area contributed by atoms with Crippen LogP contribution in [0.4, 0.5) is 5.69 Å². The van der Waals surface area contributed by atoms with Gasteiger partial charge in [-0.2, -0.15) is 12.6 Å². The van der Waals surface area contributed by atoms with E-state index in [2.05, 4.69) is 37.0 Å². The third-order valence-electron chi connectivity index (χ3n) is 1.30. The summed E-state index contributed by atoms with van der Waals surface area (Å²) in [6.45, 7) is 6.07. The van der Waals surface area contributed by atoms with Crippen molar-refractivity contribution in [2.45, 2.75) is 20.8 Å². The minimum absolute atomic E-state index is 0.684. The van der Waals surface area contributed by atoms with Crippen molar-refractivity contribution in [3.05, 3.63) is 29.8 Å². The van der Waals surface area contributed by atoms with Gasteiger partial charge >= 0.3 is 0 Å². The molecule has 1 rings (SSSR count). The van der Waals surface area contributed by atoms with E-state index >= 15 is 0 Å². The molecule has 1 aromatic rings. The van der Waals surface area contributed by atoms with Gasteiger partial charge in [0.15, 0.2) is 0 Å². The number of anilines is 1. The molecule has 0 heterocycles. The van der Waals surface area contributed by atoms with Gasteiger partial charge in [0.05, 0.1) is 5.88 Å². The van der Waals surface area contributed by atoms with Gasteiger partial charge in [0.1, 0.15) is 0 Å². The molecule has 1 nitrogen and oxygen atoms in total. The van der Waals surface area contributed by atoms with Crippen LogP contribution in [-0.2, 0) is 0 Å². The van der Waals surface area contributed by atoms with Gasteiger partial charge in [0.25, 0.3) is 0 Å². The Balaban J connectivity index is 0.000000561. The average molecular weight is 183 g/mol. The summed E-state index contributed by atoms with van der Waals surface area (Å²) in [6, 6.07) is 8.23. The molecule has 0 spiro atoms. The summed E-state index contributed by atoms with van der Waals surface area (Å²) in [6.07, 6.45) is 0. The van der Waals surface area contributed by atoms with E-state index in [9.17, 15) is 0 Å². The SMILES string of the molecule is CC.Cc1cccc(NCS)c1. The number of hydrogen-bond donors (Lipinski definition) is 2. The van der Waals surface area contributed by atoms with E-state index in [1.54, 1.807) is 0 Å². The molecule has 2 heteroatoms. The van der Waals surface area contributed by atoms with Gasteiger partial charge in [-0.15, -0.1) is 0 Å². The number of hydrogen-bond acceptors (Lipinski definition) is 2. The minimum atomic E-state index is 0.684. The van der Waals surface area contributed by atoms with Crippen LogP contribution in [0.15, 0.2) is 24.3 Å². The van der Waals surface area contributed by atoms with Gasteiger partial charge in [-0.3, -0.25) is 0 Å². The molecular formula is C10H17NS. The first-order chi connectivity index (χ1) is 5.83. The maximum Gasteiger partial charge on any atom is 0.0581 e. The van der Waals surface area contributed by atoms with Gasteiger partial charge in [-0.25, -0.2) is 0 Å². The fraction of sp³-hybridized carbons (Fsp3) is 0.400. The molecule has 0 unspecified atom stereocenters. The smallest absolute Gasteiger partial charge is 0.0581 e. The number of benzene rings is 1. The number of aryl methyl sites for hydroxylation is 1. The molecule has 68 valence electrons. The fourth-order valence-electron chi connectivity index (χ4n) is 0.846. The van der Waals surface area contributed by atoms with Gasteiger partial charge < -0.3 is 5.32 Å². The number of thiol groups is 1. The highest BCUT2D eigenvalue weighted by Crippen LogP contribution is 2.08. The van der Waals surface area contributed by atoms with Crippen LogP contribution in [0.1, 0.15) is 19.4 Å². The van der Waals surface area contributed by atoms with Crippen molar-refractivity contribution in [1.82, 2.24) is 0 Å². The van der Waals surface area contributed by atoms with Crippen LogP contribution in [-0.4, -0.2) is 5.88 Å². The van der Waals surface area contributed by atoms with Gasteiger partial charge in [0.2, 0.25) is 0 Å². The van der Waals surface area contributed by atoms with Crippen molar-refractivity contribution in [3.8, 4) is 0 Å². The van der Waals surface area contributed by atoms with E-state index in [4.69, 9.17) is 0 Å². The van der Waals surface area contributed by atoms with Crippen molar-refractivity contribution >= 4 is 18.3 Å². The normalized spacial score (nSPS) is 8.33.